The number of anilines is 1. The largest absolute Gasteiger partial charge is 0.491 e. The SMILES string of the molecule is COc1c(F)cc(NC(=O)CC(CN)OC)cc1F.Cl. The van der Waals surface area contributed by atoms with Gasteiger partial charge in [0.1, 0.15) is 0 Å². The Morgan fingerprint density at radius 3 is 2.30 bits per heavy atom. The Balaban J connectivity index is 0.00000361. The molecule has 0 aromatic heterocycles. The monoisotopic (exact) mass is 310 g/mol. The number of hydrogen-bond acceptors (Lipinski definition) is 4. The molecule has 20 heavy (non-hydrogen) atoms. The van der Waals surface area contributed by atoms with Crippen LogP contribution in [-0.4, -0.2) is 32.8 Å². The maximum atomic E-state index is 13.4. The summed E-state index contributed by atoms with van der Waals surface area (Å²) >= 11 is 0. The molecule has 0 aliphatic rings. The third-order valence-corrected chi connectivity index (χ3v) is 2.50. The Morgan fingerprint density at radius 1 is 1.35 bits per heavy atom. The zero-order valence-electron chi connectivity index (χ0n) is 11.1. The van der Waals surface area contributed by atoms with E-state index < -0.39 is 29.4 Å². The molecule has 3 N–H and O–H groups in total. The number of nitrogens with two attached hydrogens (primary N) is 1. The second-order valence-electron chi connectivity index (χ2n) is 3.82. The van der Waals surface area contributed by atoms with E-state index in [-0.39, 0.29) is 31.1 Å². The van der Waals surface area contributed by atoms with E-state index in [1.807, 2.05) is 0 Å². The summed E-state index contributed by atoms with van der Waals surface area (Å²) in [5.41, 5.74) is 5.38. The topological polar surface area (TPSA) is 73.6 Å². The molecule has 0 heterocycles. The van der Waals surface area contributed by atoms with Crippen LogP contribution >= 0.6 is 12.4 Å². The van der Waals surface area contributed by atoms with Crippen molar-refractivity contribution in [3.63, 3.8) is 0 Å². The van der Waals surface area contributed by atoms with E-state index in [4.69, 9.17) is 10.5 Å². The lowest BCUT2D eigenvalue weighted by atomic mass is 10.2. The molecule has 0 radical (unpaired) electrons. The smallest absolute Gasteiger partial charge is 0.227 e. The van der Waals surface area contributed by atoms with Crippen molar-refractivity contribution in [2.75, 3.05) is 26.1 Å². The van der Waals surface area contributed by atoms with E-state index in [9.17, 15) is 13.6 Å². The highest BCUT2D eigenvalue weighted by molar-refractivity contribution is 5.91. The standard InChI is InChI=1S/C12H16F2N2O3.ClH/c1-18-8(6-15)5-11(17)16-7-3-9(13)12(19-2)10(14)4-7;/h3-4,8H,5-6,15H2,1-2H3,(H,16,17);1H. The summed E-state index contributed by atoms with van der Waals surface area (Å²) < 4.78 is 36.3. The molecule has 0 bridgehead atoms. The van der Waals surface area contributed by atoms with Gasteiger partial charge in [-0.3, -0.25) is 4.79 Å². The average Bonchev–Trinajstić information content (AvgIpc) is 2.35. The molecule has 1 atom stereocenters. The van der Waals surface area contributed by atoms with Gasteiger partial charge in [-0.05, 0) is 0 Å². The Bertz CT molecular complexity index is 433. The minimum absolute atomic E-state index is 0. The van der Waals surface area contributed by atoms with E-state index in [0.29, 0.717) is 0 Å². The zero-order chi connectivity index (χ0) is 14.4. The number of methoxy groups -OCH3 is 2. The first-order valence-electron chi connectivity index (χ1n) is 5.57. The molecule has 1 amide bonds. The van der Waals surface area contributed by atoms with Crippen molar-refractivity contribution in [2.24, 2.45) is 5.73 Å². The minimum atomic E-state index is -0.889. The molecule has 0 saturated heterocycles. The molecule has 1 aromatic rings. The number of rotatable bonds is 6. The maximum Gasteiger partial charge on any atom is 0.227 e. The molecule has 114 valence electrons. The summed E-state index contributed by atoms with van der Waals surface area (Å²) in [6, 6.07) is 1.95. The van der Waals surface area contributed by atoms with Gasteiger partial charge in [-0.25, -0.2) is 8.78 Å². The molecule has 1 rings (SSSR count). The number of carbonyl (C=O) groups excluding carboxylic acids is 1. The highest BCUT2D eigenvalue weighted by Crippen LogP contribution is 2.25. The molecule has 8 heteroatoms. The lowest BCUT2D eigenvalue weighted by molar-refractivity contribution is -0.118. The van der Waals surface area contributed by atoms with E-state index >= 15 is 0 Å². The van der Waals surface area contributed by atoms with Gasteiger partial charge in [-0.2, -0.15) is 0 Å². The fourth-order valence-corrected chi connectivity index (χ4v) is 1.51. The van der Waals surface area contributed by atoms with Gasteiger partial charge < -0.3 is 20.5 Å². The molecule has 1 aromatic carbocycles. The van der Waals surface area contributed by atoms with Crippen LogP contribution in [0.4, 0.5) is 14.5 Å². The Morgan fingerprint density at radius 2 is 1.90 bits per heavy atom. The average molecular weight is 311 g/mol. The van der Waals surface area contributed by atoms with Crippen molar-refractivity contribution in [3.8, 4) is 5.75 Å². The van der Waals surface area contributed by atoms with Crippen LogP contribution in [0.25, 0.3) is 0 Å². The predicted octanol–water partition coefficient (Wildman–Crippen LogP) is 1.70. The van der Waals surface area contributed by atoms with Crippen LogP contribution in [0.15, 0.2) is 12.1 Å². The first-order valence-corrected chi connectivity index (χ1v) is 5.57. The van der Waals surface area contributed by atoms with Crippen LogP contribution < -0.4 is 15.8 Å². The van der Waals surface area contributed by atoms with Crippen molar-refractivity contribution in [1.29, 1.82) is 0 Å². The molecule has 5 nitrogen and oxygen atoms in total. The number of nitrogens with one attached hydrogen (secondary N) is 1. The molecule has 1 unspecified atom stereocenters. The van der Waals surface area contributed by atoms with Crippen LogP contribution in [-0.2, 0) is 9.53 Å². The van der Waals surface area contributed by atoms with E-state index in [1.54, 1.807) is 0 Å². The van der Waals surface area contributed by atoms with Gasteiger partial charge in [0.2, 0.25) is 5.91 Å². The molecular formula is C12H17ClF2N2O3. The fourth-order valence-electron chi connectivity index (χ4n) is 1.51. The summed E-state index contributed by atoms with van der Waals surface area (Å²) in [4.78, 5) is 11.6. The first-order chi connectivity index (χ1) is 9.01. The number of ether oxygens (including phenoxy) is 2. The number of amides is 1. The summed E-state index contributed by atoms with van der Waals surface area (Å²) in [6.45, 7) is 0.176. The molecule has 0 aliphatic carbocycles. The third-order valence-electron chi connectivity index (χ3n) is 2.50. The molecule has 0 aliphatic heterocycles. The van der Waals surface area contributed by atoms with Crippen molar-refractivity contribution in [1.82, 2.24) is 0 Å². The summed E-state index contributed by atoms with van der Waals surface area (Å²) in [5, 5.41) is 2.36. The van der Waals surface area contributed by atoms with Gasteiger partial charge in [-0.15, -0.1) is 12.4 Å². The third kappa shape index (κ3) is 4.92. The summed E-state index contributed by atoms with van der Waals surface area (Å²) in [6.07, 6.45) is -0.435. The van der Waals surface area contributed by atoms with Crippen LogP contribution in [0.2, 0.25) is 0 Å². The molecule has 0 spiro atoms. The number of hydrogen-bond donors (Lipinski definition) is 2. The van der Waals surface area contributed by atoms with Gasteiger partial charge in [0.05, 0.1) is 19.6 Å². The zero-order valence-corrected chi connectivity index (χ0v) is 11.9. The quantitative estimate of drug-likeness (QED) is 0.838. The highest BCUT2D eigenvalue weighted by atomic mass is 35.5. The minimum Gasteiger partial charge on any atom is -0.491 e. The molecular weight excluding hydrogens is 294 g/mol. The van der Waals surface area contributed by atoms with Crippen LogP contribution in [0.5, 0.6) is 5.75 Å². The van der Waals surface area contributed by atoms with E-state index in [1.165, 1.54) is 7.11 Å². The van der Waals surface area contributed by atoms with E-state index in [2.05, 4.69) is 10.1 Å². The lowest BCUT2D eigenvalue weighted by Crippen LogP contribution is -2.28. The second kappa shape index (κ2) is 8.68. The van der Waals surface area contributed by atoms with Crippen molar-refractivity contribution >= 4 is 24.0 Å². The summed E-state index contributed by atoms with van der Waals surface area (Å²) in [7, 11) is 2.59. The van der Waals surface area contributed by atoms with Gasteiger partial charge in [0, 0.05) is 31.5 Å². The number of halogens is 3. The van der Waals surface area contributed by atoms with Gasteiger partial charge >= 0.3 is 0 Å². The maximum absolute atomic E-state index is 13.4. The van der Waals surface area contributed by atoms with Crippen LogP contribution in [0, 0.1) is 11.6 Å². The van der Waals surface area contributed by atoms with Crippen molar-refractivity contribution < 1.29 is 23.0 Å². The highest BCUT2D eigenvalue weighted by Gasteiger charge is 2.15. The van der Waals surface area contributed by atoms with Crippen LogP contribution in [0.3, 0.4) is 0 Å². The van der Waals surface area contributed by atoms with E-state index in [0.717, 1.165) is 19.2 Å². The van der Waals surface area contributed by atoms with Crippen molar-refractivity contribution in [3.05, 3.63) is 23.8 Å². The molecule has 0 saturated carbocycles. The second-order valence-corrected chi connectivity index (χ2v) is 3.82. The fraction of sp³-hybridized carbons (Fsp3) is 0.417. The first kappa shape index (κ1) is 18.6. The Labute approximate surface area is 121 Å². The number of benzene rings is 1. The van der Waals surface area contributed by atoms with Gasteiger partial charge in [0.25, 0.3) is 0 Å². The van der Waals surface area contributed by atoms with Gasteiger partial charge in [0.15, 0.2) is 17.4 Å². The normalized spacial score (nSPS) is 11.4. The lowest BCUT2D eigenvalue weighted by Gasteiger charge is -2.13. The number of carbonyl (C=O) groups is 1. The summed E-state index contributed by atoms with van der Waals surface area (Å²) in [5.74, 6) is -2.71. The van der Waals surface area contributed by atoms with Gasteiger partial charge in [-0.1, -0.05) is 0 Å². The van der Waals surface area contributed by atoms with Crippen molar-refractivity contribution in [2.45, 2.75) is 12.5 Å². The molecule has 0 fully saturated rings. The predicted molar refractivity (Wildman–Crippen MR) is 73.3 cm³/mol. The van der Waals surface area contributed by atoms with Crippen LogP contribution in [0.1, 0.15) is 6.42 Å². The Kier molecular flexibility index (Phi) is 8.05. The Hall–Kier alpha value is -1.44.